The fourth-order valence-corrected chi connectivity index (χ4v) is 4.71. The first kappa shape index (κ1) is 21.1. The third kappa shape index (κ3) is 5.31. The third-order valence-corrected chi connectivity index (χ3v) is 6.51. The Kier molecular flexibility index (Phi) is 6.96. The molecule has 0 fully saturated rings. The van der Waals surface area contributed by atoms with Gasteiger partial charge in [-0.15, -0.1) is 11.3 Å². The lowest BCUT2D eigenvalue weighted by atomic mass is 10.0. The number of nitrogens with one attached hydrogen (secondary N) is 1. The summed E-state index contributed by atoms with van der Waals surface area (Å²) in [4.78, 5) is 16.9. The van der Waals surface area contributed by atoms with E-state index in [1.165, 1.54) is 23.1 Å². The highest BCUT2D eigenvalue weighted by Gasteiger charge is 2.09. The number of hydrazone groups is 1. The SMILES string of the molecule is CCOc1ccc2ccccc2c1/C=N/NC(=O)CSc1nc(-c2ccccc2)cs1. The van der Waals surface area contributed by atoms with Crippen LogP contribution in [-0.4, -0.2) is 29.5 Å². The maximum atomic E-state index is 12.3. The number of carbonyl (C=O) groups excluding carboxylic acids is 1. The van der Waals surface area contributed by atoms with Crippen LogP contribution in [-0.2, 0) is 4.79 Å². The monoisotopic (exact) mass is 447 g/mol. The maximum Gasteiger partial charge on any atom is 0.250 e. The van der Waals surface area contributed by atoms with E-state index >= 15 is 0 Å². The van der Waals surface area contributed by atoms with Crippen molar-refractivity contribution in [3.8, 4) is 17.0 Å². The Morgan fingerprint density at radius 3 is 2.77 bits per heavy atom. The average Bonchev–Trinajstić information content (AvgIpc) is 3.29. The van der Waals surface area contributed by atoms with Gasteiger partial charge in [-0.05, 0) is 23.8 Å². The molecule has 5 nitrogen and oxygen atoms in total. The minimum Gasteiger partial charge on any atom is -0.493 e. The zero-order chi connectivity index (χ0) is 21.5. The fraction of sp³-hybridized carbons (Fsp3) is 0.125. The lowest BCUT2D eigenvalue weighted by Gasteiger charge is -2.10. The molecule has 0 bridgehead atoms. The van der Waals surface area contributed by atoms with Gasteiger partial charge in [0.25, 0.3) is 5.91 Å². The fourth-order valence-electron chi connectivity index (χ4n) is 3.08. The highest BCUT2D eigenvalue weighted by molar-refractivity contribution is 8.01. The van der Waals surface area contributed by atoms with Crippen LogP contribution >= 0.6 is 23.1 Å². The Balaban J connectivity index is 1.38. The Morgan fingerprint density at radius 1 is 1.13 bits per heavy atom. The zero-order valence-corrected chi connectivity index (χ0v) is 18.6. The molecule has 1 heterocycles. The van der Waals surface area contributed by atoms with Gasteiger partial charge in [-0.2, -0.15) is 5.10 Å². The lowest BCUT2D eigenvalue weighted by Crippen LogP contribution is -2.19. The van der Waals surface area contributed by atoms with Crippen molar-refractivity contribution >= 4 is 46.0 Å². The molecular formula is C24H21N3O2S2. The number of fused-ring (bicyclic) bond motifs is 1. The summed E-state index contributed by atoms with van der Waals surface area (Å²) in [6.45, 7) is 2.50. The van der Waals surface area contributed by atoms with E-state index in [-0.39, 0.29) is 11.7 Å². The summed E-state index contributed by atoms with van der Waals surface area (Å²) in [5, 5.41) is 8.28. The molecule has 0 spiro atoms. The molecule has 0 saturated heterocycles. The number of rotatable bonds is 8. The van der Waals surface area contributed by atoms with Gasteiger partial charge in [-0.25, -0.2) is 10.4 Å². The summed E-state index contributed by atoms with van der Waals surface area (Å²) >= 11 is 2.93. The molecule has 3 aromatic carbocycles. The van der Waals surface area contributed by atoms with Crippen LogP contribution < -0.4 is 10.2 Å². The second kappa shape index (κ2) is 10.2. The predicted octanol–water partition coefficient (Wildman–Crippen LogP) is 5.60. The van der Waals surface area contributed by atoms with Gasteiger partial charge in [0.05, 0.1) is 24.3 Å². The highest BCUT2D eigenvalue weighted by atomic mass is 32.2. The van der Waals surface area contributed by atoms with E-state index < -0.39 is 0 Å². The number of benzene rings is 3. The van der Waals surface area contributed by atoms with Crippen LogP contribution in [0.25, 0.3) is 22.0 Å². The molecule has 4 rings (SSSR count). The van der Waals surface area contributed by atoms with Crippen molar-refractivity contribution in [3.63, 3.8) is 0 Å². The van der Waals surface area contributed by atoms with Gasteiger partial charge in [0.2, 0.25) is 0 Å². The van der Waals surface area contributed by atoms with Gasteiger partial charge in [0.1, 0.15) is 5.75 Å². The quantitative estimate of drug-likeness (QED) is 0.217. The van der Waals surface area contributed by atoms with Gasteiger partial charge in [0.15, 0.2) is 4.34 Å². The third-order valence-electron chi connectivity index (χ3n) is 4.49. The molecule has 156 valence electrons. The maximum absolute atomic E-state index is 12.3. The number of amides is 1. The second-order valence-corrected chi connectivity index (χ2v) is 8.66. The number of ether oxygens (including phenoxy) is 1. The first-order valence-corrected chi connectivity index (χ1v) is 11.7. The van der Waals surface area contributed by atoms with E-state index in [1.807, 2.05) is 79.0 Å². The number of aromatic nitrogens is 1. The predicted molar refractivity (Wildman–Crippen MR) is 129 cm³/mol. The molecule has 0 radical (unpaired) electrons. The summed E-state index contributed by atoms with van der Waals surface area (Å²) in [5.74, 6) is 0.799. The first-order valence-electron chi connectivity index (χ1n) is 9.85. The molecule has 0 saturated carbocycles. The van der Waals surface area contributed by atoms with Crippen molar-refractivity contribution in [2.45, 2.75) is 11.3 Å². The second-order valence-electron chi connectivity index (χ2n) is 6.58. The number of thiazole rings is 1. The van der Waals surface area contributed by atoms with E-state index in [4.69, 9.17) is 4.74 Å². The molecule has 0 aliphatic carbocycles. The van der Waals surface area contributed by atoms with Gasteiger partial charge in [-0.3, -0.25) is 4.79 Å². The van der Waals surface area contributed by atoms with Crippen LogP contribution in [0.15, 0.2) is 81.6 Å². The lowest BCUT2D eigenvalue weighted by molar-refractivity contribution is -0.118. The van der Waals surface area contributed by atoms with E-state index in [0.29, 0.717) is 6.61 Å². The summed E-state index contributed by atoms with van der Waals surface area (Å²) in [6.07, 6.45) is 1.65. The van der Waals surface area contributed by atoms with Crippen molar-refractivity contribution in [1.29, 1.82) is 0 Å². The van der Waals surface area contributed by atoms with Crippen LogP contribution in [0.5, 0.6) is 5.75 Å². The van der Waals surface area contributed by atoms with Crippen molar-refractivity contribution in [2.75, 3.05) is 12.4 Å². The molecular weight excluding hydrogens is 426 g/mol. The summed E-state index contributed by atoms with van der Waals surface area (Å²) in [7, 11) is 0. The zero-order valence-electron chi connectivity index (χ0n) is 16.9. The van der Waals surface area contributed by atoms with Crippen molar-refractivity contribution in [2.24, 2.45) is 5.10 Å². The first-order chi connectivity index (χ1) is 15.2. The largest absolute Gasteiger partial charge is 0.493 e. The van der Waals surface area contributed by atoms with E-state index in [1.54, 1.807) is 6.21 Å². The minimum atomic E-state index is -0.184. The molecule has 0 atom stereocenters. The van der Waals surface area contributed by atoms with Crippen molar-refractivity contribution < 1.29 is 9.53 Å². The van der Waals surface area contributed by atoms with E-state index in [0.717, 1.165) is 37.7 Å². The molecule has 1 amide bonds. The van der Waals surface area contributed by atoms with Crippen LogP contribution in [0.2, 0.25) is 0 Å². The average molecular weight is 448 g/mol. The Morgan fingerprint density at radius 2 is 1.94 bits per heavy atom. The molecule has 0 unspecified atom stereocenters. The number of nitrogens with zero attached hydrogens (tertiary/aromatic N) is 2. The van der Waals surface area contributed by atoms with Gasteiger partial charge < -0.3 is 4.74 Å². The van der Waals surface area contributed by atoms with E-state index in [2.05, 4.69) is 15.5 Å². The van der Waals surface area contributed by atoms with Crippen LogP contribution in [0.4, 0.5) is 0 Å². The Hall–Kier alpha value is -3.16. The molecule has 1 N–H and O–H groups in total. The normalized spacial score (nSPS) is 11.1. The van der Waals surface area contributed by atoms with Crippen LogP contribution in [0.1, 0.15) is 12.5 Å². The number of hydrogen-bond acceptors (Lipinski definition) is 6. The van der Waals surface area contributed by atoms with Crippen LogP contribution in [0, 0.1) is 0 Å². The molecule has 31 heavy (non-hydrogen) atoms. The van der Waals surface area contributed by atoms with Crippen LogP contribution in [0.3, 0.4) is 0 Å². The topological polar surface area (TPSA) is 63.6 Å². The molecule has 0 aliphatic rings. The van der Waals surface area contributed by atoms with Gasteiger partial charge in [0, 0.05) is 16.5 Å². The summed E-state index contributed by atoms with van der Waals surface area (Å²) in [6, 6.07) is 22.0. The Labute approximate surface area is 189 Å². The summed E-state index contributed by atoms with van der Waals surface area (Å²) < 4.78 is 6.58. The molecule has 1 aromatic heterocycles. The molecule has 4 aromatic rings. The minimum absolute atomic E-state index is 0.184. The number of carbonyl (C=O) groups is 1. The highest BCUT2D eigenvalue weighted by Crippen LogP contribution is 2.28. The molecule has 7 heteroatoms. The van der Waals surface area contributed by atoms with E-state index in [9.17, 15) is 4.79 Å². The van der Waals surface area contributed by atoms with Gasteiger partial charge >= 0.3 is 0 Å². The Bertz CT molecular complexity index is 1210. The summed E-state index contributed by atoms with van der Waals surface area (Å²) in [5.41, 5.74) is 5.44. The number of hydrogen-bond donors (Lipinski definition) is 1. The molecule has 0 aliphatic heterocycles. The smallest absolute Gasteiger partial charge is 0.250 e. The number of thioether (sulfide) groups is 1. The standard InChI is InChI=1S/C24H21N3O2S2/c1-2-29-22-13-12-17-8-6-7-11-19(17)20(22)14-25-27-23(28)16-31-24-26-21(15-30-24)18-9-4-3-5-10-18/h3-15H,2,16H2,1H3,(H,27,28)/b25-14+. The van der Waals surface area contributed by atoms with Crippen molar-refractivity contribution in [1.82, 2.24) is 10.4 Å². The van der Waals surface area contributed by atoms with Gasteiger partial charge in [-0.1, -0.05) is 72.4 Å². The van der Waals surface area contributed by atoms with Crippen molar-refractivity contribution in [3.05, 3.63) is 77.7 Å².